The topological polar surface area (TPSA) is 96.9 Å². The van der Waals surface area contributed by atoms with Crippen molar-refractivity contribution in [2.45, 2.75) is 19.9 Å². The monoisotopic (exact) mass is 336 g/mol. The maximum Gasteiger partial charge on any atom is 0.332 e. The summed E-state index contributed by atoms with van der Waals surface area (Å²) in [5.74, 6) is -0.190. The fourth-order valence-corrected chi connectivity index (χ4v) is 2.77. The number of rotatable bonds is 3. The molecule has 0 bridgehead atoms. The highest BCUT2D eigenvalue weighted by Gasteiger charge is 2.32. The first-order valence-corrected chi connectivity index (χ1v) is 7.85. The highest BCUT2D eigenvalue weighted by atomic mass is 16.2. The molecule has 0 atom stereocenters. The number of hydrogen-bond donors (Lipinski definition) is 1. The molecule has 7 nitrogen and oxygen atoms in total. The minimum absolute atomic E-state index is 0.0181. The number of aromatic nitrogens is 2. The Balaban J connectivity index is 2.12. The quantitative estimate of drug-likeness (QED) is 0.856. The Morgan fingerprint density at radius 3 is 2.48 bits per heavy atom. The third-order valence-corrected chi connectivity index (χ3v) is 4.07. The van der Waals surface area contributed by atoms with Crippen molar-refractivity contribution in [3.63, 3.8) is 0 Å². The van der Waals surface area contributed by atoms with Gasteiger partial charge in [0.2, 0.25) is 5.78 Å². The van der Waals surface area contributed by atoms with Crippen LogP contribution in [0.4, 0.5) is 5.82 Å². The lowest BCUT2D eigenvalue weighted by Crippen LogP contribution is -2.40. The van der Waals surface area contributed by atoms with Gasteiger partial charge in [-0.3, -0.25) is 18.7 Å². The molecular weight excluding hydrogens is 320 g/mol. The van der Waals surface area contributed by atoms with Gasteiger partial charge in [0, 0.05) is 13.6 Å². The van der Waals surface area contributed by atoms with Gasteiger partial charge in [-0.15, -0.1) is 0 Å². The molecule has 0 saturated carbocycles. The van der Waals surface area contributed by atoms with Crippen LogP contribution in [0.2, 0.25) is 0 Å². The molecule has 1 aliphatic heterocycles. The van der Waals surface area contributed by atoms with Crippen LogP contribution in [0.15, 0.2) is 39.6 Å². The largest absolute Gasteiger partial charge is 0.338 e. The van der Waals surface area contributed by atoms with Crippen molar-refractivity contribution >= 4 is 17.7 Å². The van der Waals surface area contributed by atoms with Gasteiger partial charge < -0.3 is 5.32 Å². The molecule has 126 valence electrons. The molecule has 7 heteroatoms. The predicted octanol–water partition coefficient (Wildman–Crippen LogP) is 1.48. The number of ketones is 1. The molecule has 1 N–H and O–H groups in total. The van der Waals surface area contributed by atoms with Crippen LogP contribution in [-0.2, 0) is 13.6 Å². The van der Waals surface area contributed by atoms with Crippen LogP contribution in [0.25, 0.3) is 6.08 Å². The van der Waals surface area contributed by atoms with Crippen molar-refractivity contribution in [1.29, 1.82) is 5.26 Å². The zero-order valence-corrected chi connectivity index (χ0v) is 13.9. The Morgan fingerprint density at radius 2 is 1.88 bits per heavy atom. The predicted molar refractivity (Wildman–Crippen MR) is 93.3 cm³/mol. The van der Waals surface area contributed by atoms with E-state index in [0.717, 1.165) is 4.57 Å². The van der Waals surface area contributed by atoms with E-state index in [0.29, 0.717) is 24.1 Å². The average Bonchev–Trinajstić information content (AvgIpc) is 2.94. The maximum atomic E-state index is 12.7. The Kier molecular flexibility index (Phi) is 4.11. The lowest BCUT2D eigenvalue weighted by atomic mass is 10.1. The lowest BCUT2D eigenvalue weighted by molar-refractivity contribution is 0.104. The van der Waals surface area contributed by atoms with E-state index in [2.05, 4.69) is 5.32 Å². The summed E-state index contributed by atoms with van der Waals surface area (Å²) in [4.78, 5) is 37.3. The lowest BCUT2D eigenvalue weighted by Gasteiger charge is -2.11. The van der Waals surface area contributed by atoms with Gasteiger partial charge in [0.15, 0.2) is 0 Å². The van der Waals surface area contributed by atoms with Crippen LogP contribution in [0.3, 0.4) is 0 Å². The number of fused-ring (bicyclic) bond motifs is 1. The minimum Gasteiger partial charge on any atom is -0.338 e. The highest BCUT2D eigenvalue weighted by Crippen LogP contribution is 2.25. The van der Waals surface area contributed by atoms with E-state index in [1.54, 1.807) is 30.3 Å². The van der Waals surface area contributed by atoms with E-state index in [1.807, 2.05) is 13.0 Å². The molecule has 0 amide bonds. The number of nitrogens with one attached hydrogen (secondary N) is 1. The molecule has 0 aliphatic carbocycles. The molecule has 0 saturated heterocycles. The molecule has 0 fully saturated rings. The first-order chi connectivity index (χ1) is 12.0. The zero-order valence-electron chi connectivity index (χ0n) is 13.9. The van der Waals surface area contributed by atoms with E-state index in [1.165, 1.54) is 11.6 Å². The van der Waals surface area contributed by atoms with E-state index >= 15 is 0 Å². The van der Waals surface area contributed by atoms with E-state index in [4.69, 9.17) is 5.26 Å². The summed E-state index contributed by atoms with van der Waals surface area (Å²) in [6, 6.07) is 8.73. The smallest absolute Gasteiger partial charge is 0.332 e. The molecular formula is C18H16N4O3. The molecule has 3 rings (SSSR count). The average molecular weight is 336 g/mol. The first kappa shape index (κ1) is 16.5. The van der Waals surface area contributed by atoms with Gasteiger partial charge in [-0.2, -0.15) is 5.26 Å². The number of nitriles is 1. The van der Waals surface area contributed by atoms with Crippen LogP contribution in [0.1, 0.15) is 34.8 Å². The van der Waals surface area contributed by atoms with Crippen LogP contribution >= 0.6 is 0 Å². The van der Waals surface area contributed by atoms with E-state index < -0.39 is 17.0 Å². The summed E-state index contributed by atoms with van der Waals surface area (Å²) in [5, 5.41) is 11.8. The third-order valence-electron chi connectivity index (χ3n) is 4.07. The number of carbonyl (C=O) groups is 1. The fourth-order valence-electron chi connectivity index (χ4n) is 2.77. The molecule has 1 aromatic carbocycles. The van der Waals surface area contributed by atoms with Crippen molar-refractivity contribution in [3.8, 4) is 6.07 Å². The molecule has 25 heavy (non-hydrogen) atoms. The number of Topliss-reactive ketones (excluding diaryl/α,β-unsaturated/α-hetero) is 1. The van der Waals surface area contributed by atoms with Gasteiger partial charge in [-0.1, -0.05) is 19.1 Å². The Labute approximate surface area is 143 Å². The molecule has 2 aromatic rings. The summed E-state index contributed by atoms with van der Waals surface area (Å²) in [5.41, 5.74) is 0.381. The van der Waals surface area contributed by atoms with Gasteiger partial charge in [-0.25, -0.2) is 4.79 Å². The Morgan fingerprint density at radius 1 is 1.20 bits per heavy atom. The SMILES string of the molecule is CCCn1c2c(c(=O)n(C)c1=O)C(=O)/C(=C/c1ccc(C#N)cc1)N2. The fraction of sp³-hybridized carbons (Fsp3) is 0.222. The Bertz CT molecular complexity index is 1050. The van der Waals surface area contributed by atoms with Gasteiger partial charge in [0.1, 0.15) is 11.4 Å². The molecule has 2 heterocycles. The Hall–Kier alpha value is -3.40. The molecule has 0 unspecified atom stereocenters. The second-order valence-electron chi connectivity index (χ2n) is 5.77. The highest BCUT2D eigenvalue weighted by molar-refractivity contribution is 6.19. The van der Waals surface area contributed by atoms with Crippen LogP contribution in [0.5, 0.6) is 0 Å². The molecule has 1 aliphatic rings. The summed E-state index contributed by atoms with van der Waals surface area (Å²) < 4.78 is 2.37. The second kappa shape index (κ2) is 6.24. The second-order valence-corrected chi connectivity index (χ2v) is 5.77. The van der Waals surface area contributed by atoms with Gasteiger partial charge in [-0.05, 0) is 30.2 Å². The van der Waals surface area contributed by atoms with Crippen molar-refractivity contribution in [3.05, 3.63) is 67.5 Å². The van der Waals surface area contributed by atoms with Crippen LogP contribution < -0.4 is 16.6 Å². The third kappa shape index (κ3) is 2.68. The van der Waals surface area contributed by atoms with Crippen LogP contribution in [0, 0.1) is 11.3 Å². The standard InChI is InChI=1S/C18H16N4O3/c1-3-8-22-16-14(17(24)21(2)18(22)25)15(23)13(20-16)9-11-4-6-12(10-19)7-5-11/h4-7,9,20H,3,8H2,1-2H3/b13-9-. The first-order valence-electron chi connectivity index (χ1n) is 7.85. The summed E-state index contributed by atoms with van der Waals surface area (Å²) in [6.45, 7) is 2.31. The number of hydrogen-bond acceptors (Lipinski definition) is 5. The number of nitrogens with zero attached hydrogens (tertiary/aromatic N) is 3. The van der Waals surface area contributed by atoms with Crippen molar-refractivity contribution in [2.24, 2.45) is 7.05 Å². The van der Waals surface area contributed by atoms with Gasteiger partial charge in [0.25, 0.3) is 5.56 Å². The summed E-state index contributed by atoms with van der Waals surface area (Å²) in [7, 11) is 1.37. The zero-order chi connectivity index (χ0) is 18.1. The number of allylic oxidation sites excluding steroid dienone is 1. The van der Waals surface area contributed by atoms with Crippen molar-refractivity contribution < 1.29 is 4.79 Å². The van der Waals surface area contributed by atoms with E-state index in [9.17, 15) is 14.4 Å². The molecule has 0 spiro atoms. The molecule has 0 radical (unpaired) electrons. The van der Waals surface area contributed by atoms with Gasteiger partial charge in [0.05, 0.1) is 17.3 Å². The maximum absolute atomic E-state index is 12.7. The molecule has 1 aromatic heterocycles. The van der Waals surface area contributed by atoms with Gasteiger partial charge >= 0.3 is 5.69 Å². The van der Waals surface area contributed by atoms with Crippen molar-refractivity contribution in [1.82, 2.24) is 9.13 Å². The van der Waals surface area contributed by atoms with E-state index in [-0.39, 0.29) is 17.1 Å². The van der Waals surface area contributed by atoms with Crippen molar-refractivity contribution in [2.75, 3.05) is 5.32 Å². The number of benzene rings is 1. The normalized spacial score (nSPS) is 14.3. The number of anilines is 1. The minimum atomic E-state index is -0.604. The summed E-state index contributed by atoms with van der Waals surface area (Å²) >= 11 is 0. The summed E-state index contributed by atoms with van der Waals surface area (Å²) in [6.07, 6.45) is 2.29. The number of carbonyl (C=O) groups excluding carboxylic acids is 1. The van der Waals surface area contributed by atoms with Crippen LogP contribution in [-0.4, -0.2) is 14.9 Å².